The third-order valence-corrected chi connectivity index (χ3v) is 4.67. The molecule has 2 aliphatic rings. The third-order valence-electron chi connectivity index (χ3n) is 4.67. The van der Waals surface area contributed by atoms with Gasteiger partial charge in [-0.2, -0.15) is 0 Å². The lowest BCUT2D eigenvalue weighted by Crippen LogP contribution is -2.54. The lowest BCUT2D eigenvalue weighted by Gasteiger charge is -2.38. The second-order valence-electron chi connectivity index (χ2n) is 6.19. The molecule has 3 rings (SSSR count). The molecule has 2 fully saturated rings. The van der Waals surface area contributed by atoms with Crippen LogP contribution in [-0.2, 0) is 14.3 Å². The molecule has 0 spiro atoms. The van der Waals surface area contributed by atoms with E-state index < -0.39 is 18.0 Å². The Labute approximate surface area is 134 Å². The third kappa shape index (κ3) is 3.22. The van der Waals surface area contributed by atoms with Gasteiger partial charge in [-0.1, -0.05) is 31.0 Å². The van der Waals surface area contributed by atoms with Crippen molar-refractivity contribution in [2.45, 2.75) is 43.9 Å². The van der Waals surface area contributed by atoms with E-state index >= 15 is 0 Å². The van der Waals surface area contributed by atoms with Crippen LogP contribution in [0.15, 0.2) is 24.3 Å². The molecule has 0 unspecified atom stereocenters. The van der Waals surface area contributed by atoms with Crippen molar-refractivity contribution < 1.29 is 18.7 Å². The van der Waals surface area contributed by atoms with E-state index in [0.29, 0.717) is 5.56 Å². The molecule has 0 bridgehead atoms. The van der Waals surface area contributed by atoms with Gasteiger partial charge in [0, 0.05) is 18.7 Å². The Bertz CT molecular complexity index is 601. The van der Waals surface area contributed by atoms with Gasteiger partial charge in [-0.3, -0.25) is 9.59 Å². The normalized spacial score (nSPS) is 25.7. The lowest BCUT2D eigenvalue weighted by molar-refractivity contribution is -0.162. The topological polar surface area (TPSA) is 58.6 Å². The van der Waals surface area contributed by atoms with Crippen LogP contribution in [0.3, 0.4) is 0 Å². The van der Waals surface area contributed by atoms with Gasteiger partial charge in [0.25, 0.3) is 5.91 Å². The van der Waals surface area contributed by atoms with Crippen molar-refractivity contribution in [3.05, 3.63) is 35.6 Å². The summed E-state index contributed by atoms with van der Waals surface area (Å²) in [6.07, 6.45) is 3.22. The van der Waals surface area contributed by atoms with Gasteiger partial charge in [-0.05, 0) is 18.9 Å². The van der Waals surface area contributed by atoms with Crippen molar-refractivity contribution in [3.63, 3.8) is 0 Å². The summed E-state index contributed by atoms with van der Waals surface area (Å²) in [5.41, 5.74) is 0.301. The zero-order chi connectivity index (χ0) is 16.4. The van der Waals surface area contributed by atoms with Gasteiger partial charge >= 0.3 is 0 Å². The predicted molar refractivity (Wildman–Crippen MR) is 82.0 cm³/mol. The number of carbonyl (C=O) groups excluding carboxylic acids is 2. The molecular formula is C17H21FN2O3. The molecule has 1 N–H and O–H groups in total. The fourth-order valence-electron chi connectivity index (χ4n) is 3.37. The van der Waals surface area contributed by atoms with E-state index in [1.807, 2.05) is 0 Å². The molecule has 1 heterocycles. The number of ether oxygens (including phenoxy) is 1. The molecule has 1 aromatic rings. The maximum Gasteiger partial charge on any atom is 0.251 e. The van der Waals surface area contributed by atoms with Gasteiger partial charge < -0.3 is 15.0 Å². The SMILES string of the molecule is CN1C(=O)CO[C@@H](C(=O)NC2CCCC2)[C@@H]1c1ccccc1F. The highest BCUT2D eigenvalue weighted by atomic mass is 19.1. The van der Waals surface area contributed by atoms with Crippen molar-refractivity contribution in [1.82, 2.24) is 10.2 Å². The number of nitrogens with one attached hydrogen (secondary N) is 1. The lowest BCUT2D eigenvalue weighted by atomic mass is 9.97. The highest BCUT2D eigenvalue weighted by Gasteiger charge is 2.41. The zero-order valence-corrected chi connectivity index (χ0v) is 13.1. The van der Waals surface area contributed by atoms with Crippen LogP contribution in [0.4, 0.5) is 4.39 Å². The van der Waals surface area contributed by atoms with E-state index in [9.17, 15) is 14.0 Å². The number of amides is 2. The van der Waals surface area contributed by atoms with Gasteiger partial charge in [0.05, 0.1) is 6.04 Å². The van der Waals surface area contributed by atoms with Crippen molar-refractivity contribution >= 4 is 11.8 Å². The van der Waals surface area contributed by atoms with Crippen molar-refractivity contribution in [2.75, 3.05) is 13.7 Å². The molecule has 1 aliphatic heterocycles. The average molecular weight is 320 g/mol. The maximum atomic E-state index is 14.2. The van der Waals surface area contributed by atoms with Gasteiger partial charge in [-0.25, -0.2) is 4.39 Å². The van der Waals surface area contributed by atoms with Crippen molar-refractivity contribution in [2.24, 2.45) is 0 Å². The molecule has 1 saturated carbocycles. The predicted octanol–water partition coefficient (Wildman–Crippen LogP) is 1.78. The van der Waals surface area contributed by atoms with Crippen LogP contribution in [0.1, 0.15) is 37.3 Å². The maximum absolute atomic E-state index is 14.2. The number of nitrogens with zero attached hydrogens (tertiary/aromatic N) is 1. The molecule has 1 aromatic carbocycles. The highest BCUT2D eigenvalue weighted by Crippen LogP contribution is 2.31. The Morgan fingerprint density at radius 2 is 2.00 bits per heavy atom. The van der Waals surface area contributed by atoms with E-state index in [-0.39, 0.29) is 24.5 Å². The molecule has 2 amide bonds. The van der Waals surface area contributed by atoms with Crippen LogP contribution in [0, 0.1) is 5.82 Å². The highest BCUT2D eigenvalue weighted by molar-refractivity contribution is 5.86. The molecule has 6 heteroatoms. The Morgan fingerprint density at radius 3 is 2.70 bits per heavy atom. The van der Waals surface area contributed by atoms with Crippen LogP contribution in [-0.4, -0.2) is 42.5 Å². The molecule has 0 aromatic heterocycles. The monoisotopic (exact) mass is 320 g/mol. The molecule has 0 radical (unpaired) electrons. The summed E-state index contributed by atoms with van der Waals surface area (Å²) in [7, 11) is 1.58. The van der Waals surface area contributed by atoms with E-state index in [1.54, 1.807) is 25.2 Å². The van der Waals surface area contributed by atoms with Gasteiger partial charge in [-0.15, -0.1) is 0 Å². The number of morpholine rings is 1. The minimum Gasteiger partial charge on any atom is -0.356 e. The summed E-state index contributed by atoms with van der Waals surface area (Å²) in [5, 5.41) is 2.98. The number of carbonyl (C=O) groups is 2. The smallest absolute Gasteiger partial charge is 0.251 e. The summed E-state index contributed by atoms with van der Waals surface area (Å²) < 4.78 is 19.7. The van der Waals surface area contributed by atoms with Crippen LogP contribution in [0.25, 0.3) is 0 Å². The van der Waals surface area contributed by atoms with Crippen LogP contribution < -0.4 is 5.32 Å². The Hall–Kier alpha value is -1.95. The molecule has 1 saturated heterocycles. The minimum absolute atomic E-state index is 0.148. The molecule has 124 valence electrons. The first-order valence-electron chi connectivity index (χ1n) is 8.00. The Balaban J connectivity index is 1.85. The van der Waals surface area contributed by atoms with Crippen LogP contribution >= 0.6 is 0 Å². The van der Waals surface area contributed by atoms with Crippen molar-refractivity contribution in [3.8, 4) is 0 Å². The first-order chi connectivity index (χ1) is 11.1. The first-order valence-corrected chi connectivity index (χ1v) is 8.00. The molecular weight excluding hydrogens is 299 g/mol. The second kappa shape index (κ2) is 6.66. The van der Waals surface area contributed by atoms with E-state index in [1.165, 1.54) is 11.0 Å². The Morgan fingerprint density at radius 1 is 1.30 bits per heavy atom. The molecule has 5 nitrogen and oxygen atoms in total. The van der Waals surface area contributed by atoms with E-state index in [0.717, 1.165) is 25.7 Å². The summed E-state index contributed by atoms with van der Waals surface area (Å²) in [6.45, 7) is -0.162. The summed E-state index contributed by atoms with van der Waals surface area (Å²) >= 11 is 0. The number of likely N-dealkylation sites (N-methyl/N-ethyl adjacent to an activating group) is 1. The largest absolute Gasteiger partial charge is 0.356 e. The summed E-state index contributed by atoms with van der Waals surface area (Å²) in [4.78, 5) is 26.0. The van der Waals surface area contributed by atoms with Crippen molar-refractivity contribution in [1.29, 1.82) is 0 Å². The van der Waals surface area contributed by atoms with Gasteiger partial charge in [0.1, 0.15) is 12.4 Å². The quantitative estimate of drug-likeness (QED) is 0.923. The standard InChI is InChI=1S/C17H21FN2O3/c1-20-14(21)10-23-16(17(22)19-11-6-2-3-7-11)15(20)12-8-4-5-9-13(12)18/h4-5,8-9,11,15-16H,2-3,6-7,10H2,1H3,(H,19,22)/t15-,16+/m0/s1. The number of hydrogen-bond acceptors (Lipinski definition) is 3. The summed E-state index contributed by atoms with van der Waals surface area (Å²) in [6, 6.07) is 5.59. The molecule has 2 atom stereocenters. The van der Waals surface area contributed by atoms with Gasteiger partial charge in [0.15, 0.2) is 6.10 Å². The zero-order valence-electron chi connectivity index (χ0n) is 13.1. The first kappa shape index (κ1) is 15.9. The summed E-state index contributed by atoms with van der Waals surface area (Å²) in [5.74, 6) is -0.978. The number of rotatable bonds is 3. The van der Waals surface area contributed by atoms with Crippen LogP contribution in [0.2, 0.25) is 0 Å². The fraction of sp³-hybridized carbons (Fsp3) is 0.529. The van der Waals surface area contributed by atoms with Crippen LogP contribution in [0.5, 0.6) is 0 Å². The Kier molecular flexibility index (Phi) is 4.61. The molecule has 23 heavy (non-hydrogen) atoms. The number of halogens is 1. The minimum atomic E-state index is -0.893. The fourth-order valence-corrected chi connectivity index (χ4v) is 3.37. The molecule has 1 aliphatic carbocycles. The average Bonchev–Trinajstić information content (AvgIpc) is 3.03. The second-order valence-corrected chi connectivity index (χ2v) is 6.19. The number of benzene rings is 1. The van der Waals surface area contributed by atoms with Gasteiger partial charge in [0.2, 0.25) is 5.91 Å². The van der Waals surface area contributed by atoms with E-state index in [2.05, 4.69) is 5.32 Å². The van der Waals surface area contributed by atoms with E-state index in [4.69, 9.17) is 4.74 Å². The number of hydrogen-bond donors (Lipinski definition) is 1.